The van der Waals surface area contributed by atoms with Crippen molar-refractivity contribution in [2.45, 2.75) is 76.9 Å². The fraction of sp³-hybridized carbons (Fsp3) is 0.441. The smallest absolute Gasteiger partial charge is 0.306 e. The van der Waals surface area contributed by atoms with Gasteiger partial charge in [-0.1, -0.05) is 19.1 Å². The van der Waals surface area contributed by atoms with Crippen LogP contribution in [0.15, 0.2) is 59.5 Å². The summed E-state index contributed by atoms with van der Waals surface area (Å²) in [4.78, 5) is 40.1. The number of aromatic nitrogens is 1. The van der Waals surface area contributed by atoms with Crippen LogP contribution in [0.25, 0.3) is 11.1 Å². The number of aryl methyl sites for hydroxylation is 1. The number of halogens is 1. The van der Waals surface area contributed by atoms with Crippen molar-refractivity contribution in [3.8, 4) is 11.1 Å². The Morgan fingerprint density at radius 2 is 1.60 bits per heavy atom. The molecule has 2 aromatic carbocycles. The van der Waals surface area contributed by atoms with E-state index >= 15 is 0 Å². The Morgan fingerprint density at radius 3 is 2.16 bits per heavy atom. The van der Waals surface area contributed by atoms with Crippen LogP contribution < -0.4 is 5.56 Å². The van der Waals surface area contributed by atoms with E-state index in [4.69, 9.17) is 4.74 Å². The van der Waals surface area contributed by atoms with Gasteiger partial charge >= 0.3 is 5.97 Å². The highest BCUT2D eigenvalue weighted by Crippen LogP contribution is 2.36. The number of ketones is 1. The average molecular weight is 660 g/mol. The number of ether oxygens (including phenoxy) is 1. The summed E-state index contributed by atoms with van der Waals surface area (Å²) in [6, 6.07) is 11.1. The third kappa shape index (κ3) is 9.77. The van der Waals surface area contributed by atoms with Crippen LogP contribution in [-0.2, 0) is 43.0 Å². The fourth-order valence-electron chi connectivity index (χ4n) is 4.70. The molecular formula is C34H42FNO7S2. The van der Waals surface area contributed by atoms with E-state index in [1.165, 1.54) is 47.2 Å². The average Bonchev–Trinajstić information content (AvgIpc) is 2.92. The summed E-state index contributed by atoms with van der Waals surface area (Å²) in [6.45, 7) is 12.2. The number of carbonyl (C=O) groups is 2. The standard InChI is InChI=1S/C34H42FNO7S2/c1-9-45(41,42)21-22-10-15-26(32(39)23-11-13-25(35)14-12-23)28(16-22)29-19-36(8)30(37)18-27(29)24(20-44(40)34(5,6)7)17-31(38)43-33(2,3)4/h10-16,18-19,24H,9,17,20-21H2,1-8H3/t24-,44-/m1/s1. The number of sulfone groups is 1. The maximum atomic E-state index is 13.8. The van der Waals surface area contributed by atoms with Gasteiger partial charge in [-0.15, -0.1) is 0 Å². The molecule has 11 heteroatoms. The van der Waals surface area contributed by atoms with Gasteiger partial charge < -0.3 is 9.30 Å². The monoisotopic (exact) mass is 659 g/mol. The summed E-state index contributed by atoms with van der Waals surface area (Å²) < 4.78 is 58.6. The fourth-order valence-corrected chi connectivity index (χ4v) is 6.75. The largest absolute Gasteiger partial charge is 0.460 e. The molecule has 3 rings (SSSR count). The molecule has 0 N–H and O–H groups in total. The first kappa shape index (κ1) is 36.0. The molecule has 8 nitrogen and oxygen atoms in total. The second-order valence-corrected chi connectivity index (χ2v) is 17.7. The third-order valence-corrected chi connectivity index (χ3v) is 10.8. The van der Waals surface area contributed by atoms with Gasteiger partial charge in [0.15, 0.2) is 15.6 Å². The minimum Gasteiger partial charge on any atom is -0.460 e. The maximum absolute atomic E-state index is 13.8. The lowest BCUT2D eigenvalue weighted by molar-refractivity contribution is -0.155. The van der Waals surface area contributed by atoms with Crippen LogP contribution in [0.4, 0.5) is 4.39 Å². The molecule has 244 valence electrons. The topological polar surface area (TPSA) is 117 Å². The highest BCUT2D eigenvalue weighted by molar-refractivity contribution is 7.90. The first-order valence-corrected chi connectivity index (χ1v) is 17.8. The first-order chi connectivity index (χ1) is 20.7. The van der Waals surface area contributed by atoms with Crippen molar-refractivity contribution in [1.29, 1.82) is 0 Å². The predicted octanol–water partition coefficient (Wildman–Crippen LogP) is 5.72. The van der Waals surface area contributed by atoms with Crippen molar-refractivity contribution in [2.75, 3.05) is 11.5 Å². The van der Waals surface area contributed by atoms with Crippen molar-refractivity contribution in [2.24, 2.45) is 7.05 Å². The zero-order valence-electron chi connectivity index (χ0n) is 27.1. The third-order valence-electron chi connectivity index (χ3n) is 7.12. The highest BCUT2D eigenvalue weighted by Gasteiger charge is 2.31. The van der Waals surface area contributed by atoms with E-state index in [1.807, 2.05) is 20.8 Å². The van der Waals surface area contributed by atoms with Crippen molar-refractivity contribution in [3.63, 3.8) is 0 Å². The van der Waals surface area contributed by atoms with E-state index < -0.39 is 54.5 Å². The number of hydrogen-bond donors (Lipinski definition) is 0. The highest BCUT2D eigenvalue weighted by atomic mass is 32.2. The maximum Gasteiger partial charge on any atom is 0.306 e. The Balaban J connectivity index is 2.35. The Hall–Kier alpha value is -3.44. The van der Waals surface area contributed by atoms with Crippen LogP contribution >= 0.6 is 0 Å². The first-order valence-electron chi connectivity index (χ1n) is 14.7. The molecule has 2 atom stereocenters. The van der Waals surface area contributed by atoms with Crippen LogP contribution in [0.3, 0.4) is 0 Å². The second kappa shape index (κ2) is 13.9. The summed E-state index contributed by atoms with van der Waals surface area (Å²) in [5.74, 6) is -2.59. The van der Waals surface area contributed by atoms with Crippen LogP contribution in [-0.4, -0.2) is 50.8 Å². The van der Waals surface area contributed by atoms with E-state index in [2.05, 4.69) is 0 Å². The van der Waals surface area contributed by atoms with Crippen LogP contribution in [0.2, 0.25) is 0 Å². The van der Waals surface area contributed by atoms with Crippen molar-refractivity contribution >= 4 is 32.4 Å². The second-order valence-electron chi connectivity index (χ2n) is 13.1. The molecule has 1 aromatic heterocycles. The van der Waals surface area contributed by atoms with Gasteiger partial charge in [-0.25, -0.2) is 12.8 Å². The normalized spacial score (nSPS) is 13.7. The lowest BCUT2D eigenvalue weighted by Crippen LogP contribution is -2.30. The number of hydrogen-bond acceptors (Lipinski definition) is 7. The Labute approximate surface area is 267 Å². The van der Waals surface area contributed by atoms with Crippen molar-refractivity contribution in [3.05, 3.63) is 93.2 Å². The van der Waals surface area contributed by atoms with Gasteiger partial charge in [0.25, 0.3) is 5.56 Å². The summed E-state index contributed by atoms with van der Waals surface area (Å²) in [7, 11) is -3.36. The zero-order chi connectivity index (χ0) is 33.9. The summed E-state index contributed by atoms with van der Waals surface area (Å²) in [6.07, 6.45) is 1.35. The molecular weight excluding hydrogens is 618 g/mol. The van der Waals surface area contributed by atoms with Gasteiger partial charge in [0.2, 0.25) is 0 Å². The van der Waals surface area contributed by atoms with Crippen LogP contribution in [0.5, 0.6) is 0 Å². The number of esters is 1. The van der Waals surface area contributed by atoms with Gasteiger partial charge in [-0.2, -0.15) is 0 Å². The summed E-state index contributed by atoms with van der Waals surface area (Å²) in [5.41, 5.74) is 0.750. The number of benzene rings is 2. The molecule has 3 aromatic rings. The van der Waals surface area contributed by atoms with E-state index in [1.54, 1.807) is 46.9 Å². The SMILES string of the molecule is CCS(=O)(=O)Cc1ccc(C(=O)c2ccc(F)cc2)c(-c2cn(C)c(=O)cc2[C@H](CC(=O)OC(C)(C)C)C[S@@](=O)C(C)(C)C)c1. The molecule has 0 amide bonds. The van der Waals surface area contributed by atoms with E-state index in [9.17, 15) is 31.4 Å². The molecule has 0 unspecified atom stereocenters. The van der Waals surface area contributed by atoms with Crippen molar-refractivity contribution in [1.82, 2.24) is 4.57 Å². The lowest BCUT2D eigenvalue weighted by Gasteiger charge is -2.27. The molecule has 0 aliphatic heterocycles. The van der Waals surface area contributed by atoms with Gasteiger partial charge in [-0.3, -0.25) is 18.6 Å². The van der Waals surface area contributed by atoms with Crippen molar-refractivity contribution < 1.29 is 31.3 Å². The quantitative estimate of drug-likeness (QED) is 0.191. The molecule has 0 aliphatic rings. The van der Waals surface area contributed by atoms with Crippen LogP contribution in [0, 0.1) is 5.82 Å². The zero-order valence-corrected chi connectivity index (χ0v) is 28.7. The molecule has 0 radical (unpaired) electrons. The van der Waals surface area contributed by atoms with Crippen LogP contribution in [0.1, 0.15) is 87.9 Å². The molecule has 0 aliphatic carbocycles. The summed E-state index contributed by atoms with van der Waals surface area (Å²) in [5, 5.41) is 0. The molecule has 0 bridgehead atoms. The van der Waals surface area contributed by atoms with E-state index in [0.717, 1.165) is 0 Å². The Morgan fingerprint density at radius 1 is 0.978 bits per heavy atom. The number of pyridine rings is 1. The van der Waals surface area contributed by atoms with Gasteiger partial charge in [0, 0.05) is 69.0 Å². The number of rotatable bonds is 11. The van der Waals surface area contributed by atoms with E-state index in [0.29, 0.717) is 22.3 Å². The molecule has 0 saturated carbocycles. The van der Waals surface area contributed by atoms with Gasteiger partial charge in [0.05, 0.1) is 12.2 Å². The minimum atomic E-state index is -3.45. The molecule has 1 heterocycles. The Bertz CT molecular complexity index is 1760. The van der Waals surface area contributed by atoms with Gasteiger partial charge in [-0.05, 0) is 88.6 Å². The Kier molecular flexibility index (Phi) is 11.1. The summed E-state index contributed by atoms with van der Waals surface area (Å²) >= 11 is 0. The molecule has 0 saturated heterocycles. The van der Waals surface area contributed by atoms with Gasteiger partial charge in [0.1, 0.15) is 11.4 Å². The number of carbonyl (C=O) groups excluding carboxylic acids is 2. The predicted molar refractivity (Wildman–Crippen MR) is 176 cm³/mol. The molecule has 0 spiro atoms. The minimum absolute atomic E-state index is 0.0219. The molecule has 0 fully saturated rings. The number of nitrogens with zero attached hydrogens (tertiary/aromatic N) is 1. The van der Waals surface area contributed by atoms with E-state index in [-0.39, 0.29) is 40.4 Å². The molecule has 45 heavy (non-hydrogen) atoms. The lowest BCUT2D eigenvalue weighted by atomic mass is 9.86.